The van der Waals surface area contributed by atoms with Crippen LogP contribution >= 0.6 is 11.3 Å². The minimum Gasteiger partial charge on any atom is -0.490 e. The summed E-state index contributed by atoms with van der Waals surface area (Å²) in [6.07, 6.45) is 4.44. The lowest BCUT2D eigenvalue weighted by Crippen LogP contribution is -2.48. The zero-order valence-electron chi connectivity index (χ0n) is 18.7. The Labute approximate surface area is 190 Å². The molecule has 4 heterocycles. The van der Waals surface area contributed by atoms with E-state index < -0.39 is 5.60 Å². The lowest BCUT2D eigenvalue weighted by molar-refractivity contribution is 0.0577. The maximum Gasteiger partial charge on any atom is 0.263 e. The number of aromatic nitrogens is 3. The van der Waals surface area contributed by atoms with Crippen LogP contribution in [-0.2, 0) is 13.0 Å². The Balaban J connectivity index is 1.49. The number of anilines is 2. The van der Waals surface area contributed by atoms with Crippen LogP contribution in [0.2, 0.25) is 0 Å². The van der Waals surface area contributed by atoms with Gasteiger partial charge in [0.15, 0.2) is 5.13 Å². The van der Waals surface area contributed by atoms with E-state index >= 15 is 0 Å². The number of aliphatic hydroxyl groups is 1. The molecule has 0 fully saturated rings. The molecular formula is C23H27N5O3S. The zero-order valence-corrected chi connectivity index (χ0v) is 19.5. The Morgan fingerprint density at radius 1 is 1.31 bits per heavy atom. The molecule has 1 amide bonds. The van der Waals surface area contributed by atoms with E-state index in [0.29, 0.717) is 31.0 Å². The van der Waals surface area contributed by atoms with E-state index in [1.807, 2.05) is 32.2 Å². The van der Waals surface area contributed by atoms with Crippen LogP contribution in [0, 0.1) is 0 Å². The molecule has 0 unspecified atom stereocenters. The second-order valence-corrected chi connectivity index (χ2v) is 10.7. The molecule has 2 N–H and O–H groups in total. The number of amides is 1. The molecule has 9 heteroatoms. The van der Waals surface area contributed by atoms with Gasteiger partial charge in [-0.1, -0.05) is 17.4 Å². The summed E-state index contributed by atoms with van der Waals surface area (Å²) in [6, 6.07) is 6.05. The Bertz CT molecular complexity index is 1190. The average Bonchev–Trinajstić information content (AvgIpc) is 3.32. The molecule has 5 rings (SSSR count). The number of thiazole rings is 1. The molecule has 32 heavy (non-hydrogen) atoms. The van der Waals surface area contributed by atoms with Gasteiger partial charge in [-0.2, -0.15) is 5.10 Å². The SMILES string of the molecule is CC(C)(O)Cn1cc(-c2ccc3c(c2)N(c2nc4c(s2)C(=O)NC(C)(C)C4)CCO3)cn1. The second kappa shape index (κ2) is 7.31. The van der Waals surface area contributed by atoms with E-state index in [1.165, 1.54) is 11.3 Å². The Hall–Kier alpha value is -2.91. The van der Waals surface area contributed by atoms with E-state index in [-0.39, 0.29) is 11.4 Å². The monoisotopic (exact) mass is 453 g/mol. The third-order valence-corrected chi connectivity index (χ3v) is 6.64. The predicted octanol–water partition coefficient (Wildman–Crippen LogP) is 3.37. The van der Waals surface area contributed by atoms with Gasteiger partial charge in [-0.3, -0.25) is 9.48 Å². The van der Waals surface area contributed by atoms with Gasteiger partial charge < -0.3 is 20.1 Å². The normalized spacial score (nSPS) is 17.4. The summed E-state index contributed by atoms with van der Waals surface area (Å²) in [4.78, 5) is 20.2. The van der Waals surface area contributed by atoms with Crippen LogP contribution in [0.5, 0.6) is 5.75 Å². The first-order valence-corrected chi connectivity index (χ1v) is 11.5. The maximum absolute atomic E-state index is 12.6. The maximum atomic E-state index is 12.6. The van der Waals surface area contributed by atoms with E-state index in [4.69, 9.17) is 9.72 Å². The van der Waals surface area contributed by atoms with Crippen LogP contribution in [0.25, 0.3) is 11.1 Å². The molecule has 3 aromatic rings. The van der Waals surface area contributed by atoms with Crippen LogP contribution in [0.3, 0.4) is 0 Å². The lowest BCUT2D eigenvalue weighted by atomic mass is 9.94. The van der Waals surface area contributed by atoms with Crippen LogP contribution in [0.1, 0.15) is 43.1 Å². The molecule has 0 radical (unpaired) electrons. The topological polar surface area (TPSA) is 92.5 Å². The summed E-state index contributed by atoms with van der Waals surface area (Å²) in [7, 11) is 0. The van der Waals surface area contributed by atoms with E-state index in [0.717, 1.165) is 33.4 Å². The van der Waals surface area contributed by atoms with Crippen LogP contribution < -0.4 is 15.0 Å². The van der Waals surface area contributed by atoms with Crippen LogP contribution in [-0.4, -0.2) is 50.1 Å². The molecular weight excluding hydrogens is 426 g/mol. The predicted molar refractivity (Wildman–Crippen MR) is 124 cm³/mol. The first-order valence-electron chi connectivity index (χ1n) is 10.7. The summed E-state index contributed by atoms with van der Waals surface area (Å²) in [5.41, 5.74) is 2.61. The number of ether oxygens (including phenoxy) is 1. The third-order valence-electron chi connectivity index (χ3n) is 5.52. The molecule has 0 saturated heterocycles. The Kier molecular flexibility index (Phi) is 4.79. The van der Waals surface area contributed by atoms with Crippen molar-refractivity contribution >= 4 is 28.1 Å². The van der Waals surface area contributed by atoms with E-state index in [2.05, 4.69) is 21.4 Å². The number of rotatable bonds is 4. The van der Waals surface area contributed by atoms with Crippen molar-refractivity contribution in [3.8, 4) is 16.9 Å². The quantitative estimate of drug-likeness (QED) is 0.629. The first-order chi connectivity index (χ1) is 15.1. The van der Waals surface area contributed by atoms with Gasteiger partial charge >= 0.3 is 0 Å². The number of fused-ring (bicyclic) bond motifs is 2. The van der Waals surface area contributed by atoms with Crippen LogP contribution in [0.15, 0.2) is 30.6 Å². The number of carbonyl (C=O) groups excluding carboxylic acids is 1. The number of nitrogens with one attached hydrogen (secondary N) is 1. The van der Waals surface area contributed by atoms with Crippen molar-refractivity contribution in [2.75, 3.05) is 18.1 Å². The van der Waals surface area contributed by atoms with Gasteiger partial charge in [0, 0.05) is 23.7 Å². The fraction of sp³-hybridized carbons (Fsp3) is 0.435. The summed E-state index contributed by atoms with van der Waals surface area (Å²) >= 11 is 1.43. The van der Waals surface area contributed by atoms with Crippen molar-refractivity contribution in [2.45, 2.75) is 51.8 Å². The van der Waals surface area contributed by atoms with Crippen molar-refractivity contribution in [1.82, 2.24) is 20.1 Å². The highest BCUT2D eigenvalue weighted by atomic mass is 32.1. The molecule has 0 bridgehead atoms. The fourth-order valence-corrected chi connectivity index (χ4v) is 5.19. The van der Waals surface area contributed by atoms with E-state index in [9.17, 15) is 9.90 Å². The van der Waals surface area contributed by atoms with Gasteiger partial charge in [-0.25, -0.2) is 4.98 Å². The molecule has 0 spiro atoms. The minimum absolute atomic E-state index is 0.0542. The highest BCUT2D eigenvalue weighted by molar-refractivity contribution is 7.17. The van der Waals surface area contributed by atoms with Crippen molar-refractivity contribution in [3.63, 3.8) is 0 Å². The Morgan fingerprint density at radius 2 is 2.12 bits per heavy atom. The molecule has 2 aliphatic rings. The van der Waals surface area contributed by atoms with Crippen molar-refractivity contribution < 1.29 is 14.6 Å². The molecule has 168 valence electrons. The summed E-state index contributed by atoms with van der Waals surface area (Å²) in [5, 5.41) is 18.3. The standard InChI is InChI=1S/C23H27N5O3S/c1-22(2)10-16-19(20(29)26-22)32-21(25-16)28-7-8-31-18-6-5-14(9-17(18)28)15-11-24-27(12-15)13-23(3,4)30/h5-6,9,11-12,30H,7-8,10,13H2,1-4H3,(H,26,29). The first kappa shape index (κ1) is 21.0. The molecule has 0 aliphatic carbocycles. The largest absolute Gasteiger partial charge is 0.490 e. The molecule has 0 saturated carbocycles. The van der Waals surface area contributed by atoms with Crippen molar-refractivity contribution in [1.29, 1.82) is 0 Å². The highest BCUT2D eigenvalue weighted by Crippen LogP contribution is 2.42. The highest BCUT2D eigenvalue weighted by Gasteiger charge is 2.34. The lowest BCUT2D eigenvalue weighted by Gasteiger charge is -2.29. The number of nitrogens with zero attached hydrogens (tertiary/aromatic N) is 4. The minimum atomic E-state index is -0.839. The fourth-order valence-electron chi connectivity index (χ4n) is 4.17. The van der Waals surface area contributed by atoms with Crippen LogP contribution in [0.4, 0.5) is 10.8 Å². The molecule has 1 aromatic carbocycles. The smallest absolute Gasteiger partial charge is 0.263 e. The molecule has 8 nitrogen and oxygen atoms in total. The average molecular weight is 454 g/mol. The summed E-state index contributed by atoms with van der Waals surface area (Å²) in [5.74, 6) is 0.739. The van der Waals surface area contributed by atoms with Gasteiger partial charge in [0.1, 0.15) is 17.2 Å². The zero-order chi connectivity index (χ0) is 22.7. The number of benzene rings is 1. The van der Waals surface area contributed by atoms with Gasteiger partial charge in [-0.15, -0.1) is 0 Å². The summed E-state index contributed by atoms with van der Waals surface area (Å²) < 4.78 is 7.64. The van der Waals surface area contributed by atoms with Gasteiger partial charge in [0.25, 0.3) is 5.91 Å². The third kappa shape index (κ3) is 3.98. The number of carbonyl (C=O) groups is 1. The number of hydrogen-bond acceptors (Lipinski definition) is 7. The number of hydrogen-bond donors (Lipinski definition) is 2. The summed E-state index contributed by atoms with van der Waals surface area (Å²) in [6.45, 7) is 9.18. The van der Waals surface area contributed by atoms with Gasteiger partial charge in [0.2, 0.25) is 0 Å². The van der Waals surface area contributed by atoms with Crippen molar-refractivity contribution in [2.24, 2.45) is 0 Å². The van der Waals surface area contributed by atoms with Gasteiger partial charge in [0.05, 0.1) is 36.3 Å². The molecule has 0 atom stereocenters. The Morgan fingerprint density at radius 3 is 2.91 bits per heavy atom. The van der Waals surface area contributed by atoms with Crippen molar-refractivity contribution in [3.05, 3.63) is 41.2 Å². The van der Waals surface area contributed by atoms with E-state index in [1.54, 1.807) is 24.7 Å². The van der Waals surface area contributed by atoms with Gasteiger partial charge in [-0.05, 0) is 45.4 Å². The second-order valence-electron chi connectivity index (χ2n) is 9.71. The molecule has 2 aromatic heterocycles. The molecule has 2 aliphatic heterocycles.